The van der Waals surface area contributed by atoms with Crippen LogP contribution in [0.3, 0.4) is 0 Å². The van der Waals surface area contributed by atoms with Crippen LogP contribution in [0.2, 0.25) is 0 Å². The van der Waals surface area contributed by atoms with Crippen LogP contribution in [-0.2, 0) is 10.2 Å². The van der Waals surface area contributed by atoms with Crippen LogP contribution in [0.5, 0.6) is 5.75 Å². The number of methoxy groups -OCH3 is 1. The Balaban J connectivity index is 2.19. The Bertz CT molecular complexity index is 416. The molecule has 100 valence electrons. The summed E-state index contributed by atoms with van der Waals surface area (Å²) in [6.45, 7) is 6.84. The first-order valence-corrected chi connectivity index (χ1v) is 7.02. The maximum Gasteiger partial charge on any atom is 0.133 e. The monoisotopic (exact) mass is 313 g/mol. The second-order valence-electron chi connectivity index (χ2n) is 5.16. The van der Waals surface area contributed by atoms with Crippen molar-refractivity contribution in [2.75, 3.05) is 26.9 Å². The molecule has 1 aromatic rings. The first-order chi connectivity index (χ1) is 8.57. The fourth-order valence-electron chi connectivity index (χ4n) is 2.12. The maximum atomic E-state index is 5.43. The molecule has 1 aliphatic rings. The molecule has 2 rings (SSSR count). The molecule has 1 saturated heterocycles. The summed E-state index contributed by atoms with van der Waals surface area (Å²) in [6, 6.07) is 6.77. The van der Waals surface area contributed by atoms with E-state index in [0.29, 0.717) is 6.04 Å². The van der Waals surface area contributed by atoms with Gasteiger partial charge >= 0.3 is 0 Å². The number of hydrogen-bond donors (Lipinski definition) is 1. The van der Waals surface area contributed by atoms with Crippen LogP contribution in [0, 0.1) is 0 Å². The topological polar surface area (TPSA) is 30.5 Å². The van der Waals surface area contributed by atoms with Crippen molar-refractivity contribution in [3.8, 4) is 5.75 Å². The number of nitrogens with one attached hydrogen (secondary N) is 1. The molecule has 1 aliphatic heterocycles. The zero-order valence-corrected chi connectivity index (χ0v) is 12.7. The minimum absolute atomic E-state index is 0.110. The molecule has 0 radical (unpaired) electrons. The summed E-state index contributed by atoms with van der Waals surface area (Å²) in [4.78, 5) is 0. The molecule has 0 atom stereocenters. The highest BCUT2D eigenvalue weighted by molar-refractivity contribution is 9.10. The Kier molecular flexibility index (Phi) is 4.30. The molecule has 0 spiro atoms. The van der Waals surface area contributed by atoms with Crippen molar-refractivity contribution in [2.24, 2.45) is 0 Å². The van der Waals surface area contributed by atoms with Gasteiger partial charge in [0.1, 0.15) is 5.75 Å². The Morgan fingerprint density at radius 1 is 1.44 bits per heavy atom. The van der Waals surface area contributed by atoms with E-state index in [9.17, 15) is 0 Å². The Morgan fingerprint density at radius 2 is 2.17 bits per heavy atom. The van der Waals surface area contributed by atoms with Gasteiger partial charge in [0, 0.05) is 12.6 Å². The van der Waals surface area contributed by atoms with Gasteiger partial charge in [-0.05, 0) is 33.6 Å². The molecule has 1 fully saturated rings. The molecule has 0 unspecified atom stereocenters. The highest BCUT2D eigenvalue weighted by Gasteiger charge is 2.40. The fraction of sp³-hybridized carbons (Fsp3) is 0.571. The first-order valence-electron chi connectivity index (χ1n) is 6.22. The lowest BCUT2D eigenvalue weighted by Gasteiger charge is -2.42. The molecule has 18 heavy (non-hydrogen) atoms. The molecule has 1 aromatic carbocycles. The lowest BCUT2D eigenvalue weighted by molar-refractivity contribution is -0.0597. The third kappa shape index (κ3) is 2.71. The van der Waals surface area contributed by atoms with E-state index >= 15 is 0 Å². The quantitative estimate of drug-likeness (QED) is 0.906. The van der Waals surface area contributed by atoms with Crippen LogP contribution in [0.25, 0.3) is 0 Å². The summed E-state index contributed by atoms with van der Waals surface area (Å²) in [7, 11) is 1.68. The van der Waals surface area contributed by atoms with Gasteiger partial charge in [0.25, 0.3) is 0 Å². The van der Waals surface area contributed by atoms with E-state index in [2.05, 4.69) is 47.2 Å². The lowest BCUT2D eigenvalue weighted by atomic mass is 9.78. The van der Waals surface area contributed by atoms with E-state index in [1.807, 2.05) is 6.07 Å². The molecule has 0 aliphatic carbocycles. The number of ether oxygens (including phenoxy) is 2. The first kappa shape index (κ1) is 13.8. The van der Waals surface area contributed by atoms with Crippen molar-refractivity contribution in [1.29, 1.82) is 0 Å². The van der Waals surface area contributed by atoms with Crippen LogP contribution >= 0.6 is 15.9 Å². The van der Waals surface area contributed by atoms with Crippen LogP contribution < -0.4 is 10.1 Å². The van der Waals surface area contributed by atoms with Crippen LogP contribution in [0.15, 0.2) is 22.7 Å². The molecule has 4 heteroatoms. The number of hydrogen-bond acceptors (Lipinski definition) is 3. The normalized spacial score (nSPS) is 17.6. The number of rotatable bonds is 5. The predicted molar refractivity (Wildman–Crippen MR) is 76.3 cm³/mol. The molecule has 1 heterocycles. The SMILES string of the molecule is COc1ccc(C2(CNC(C)C)COC2)cc1Br. The third-order valence-electron chi connectivity index (χ3n) is 3.37. The van der Waals surface area contributed by atoms with Crippen LogP contribution in [-0.4, -0.2) is 32.9 Å². The molecule has 0 aromatic heterocycles. The summed E-state index contributed by atoms with van der Waals surface area (Å²) < 4.78 is 11.7. The Hall–Kier alpha value is -0.580. The second-order valence-corrected chi connectivity index (χ2v) is 6.01. The second kappa shape index (κ2) is 5.59. The molecule has 0 saturated carbocycles. The molecule has 0 amide bonds. The van der Waals surface area contributed by atoms with Gasteiger partial charge in [0.2, 0.25) is 0 Å². The van der Waals surface area contributed by atoms with Crippen molar-refractivity contribution in [3.63, 3.8) is 0 Å². The number of benzene rings is 1. The maximum absolute atomic E-state index is 5.43. The summed E-state index contributed by atoms with van der Waals surface area (Å²) in [5, 5.41) is 3.51. The number of halogens is 1. The van der Waals surface area contributed by atoms with E-state index < -0.39 is 0 Å². The zero-order valence-electron chi connectivity index (χ0n) is 11.1. The largest absolute Gasteiger partial charge is 0.496 e. The Morgan fingerprint density at radius 3 is 2.61 bits per heavy atom. The molecule has 3 nitrogen and oxygen atoms in total. The van der Waals surface area contributed by atoms with Gasteiger partial charge in [-0.1, -0.05) is 19.9 Å². The standard InChI is InChI=1S/C14H20BrNO2/c1-10(2)16-7-14(8-18-9-14)11-4-5-13(17-3)12(15)6-11/h4-6,10,16H,7-9H2,1-3H3. The van der Waals surface area contributed by atoms with E-state index in [1.54, 1.807) is 7.11 Å². The highest BCUT2D eigenvalue weighted by Crippen LogP contribution is 2.36. The van der Waals surface area contributed by atoms with Crippen molar-refractivity contribution in [1.82, 2.24) is 5.32 Å². The summed E-state index contributed by atoms with van der Waals surface area (Å²) in [5.74, 6) is 0.867. The van der Waals surface area contributed by atoms with Gasteiger partial charge < -0.3 is 14.8 Å². The summed E-state index contributed by atoms with van der Waals surface area (Å²) in [5.41, 5.74) is 1.41. The smallest absolute Gasteiger partial charge is 0.133 e. The molecular weight excluding hydrogens is 294 g/mol. The van der Waals surface area contributed by atoms with Gasteiger partial charge in [-0.25, -0.2) is 0 Å². The minimum Gasteiger partial charge on any atom is -0.496 e. The Labute approximate surface area is 117 Å². The average molecular weight is 314 g/mol. The predicted octanol–water partition coefficient (Wildman–Crippen LogP) is 2.72. The van der Waals surface area contributed by atoms with Gasteiger partial charge in [-0.3, -0.25) is 0 Å². The van der Waals surface area contributed by atoms with Gasteiger partial charge in [-0.2, -0.15) is 0 Å². The van der Waals surface area contributed by atoms with Crippen molar-refractivity contribution in [3.05, 3.63) is 28.2 Å². The fourth-order valence-corrected chi connectivity index (χ4v) is 2.66. The minimum atomic E-state index is 0.110. The van der Waals surface area contributed by atoms with Crippen molar-refractivity contribution in [2.45, 2.75) is 25.3 Å². The van der Waals surface area contributed by atoms with E-state index in [0.717, 1.165) is 30.0 Å². The lowest BCUT2D eigenvalue weighted by Crippen LogP contribution is -2.54. The third-order valence-corrected chi connectivity index (χ3v) is 3.99. The molecule has 1 N–H and O–H groups in total. The summed E-state index contributed by atoms with van der Waals surface area (Å²) in [6.07, 6.45) is 0. The molecular formula is C14H20BrNO2. The molecule has 0 bridgehead atoms. The van der Waals surface area contributed by atoms with Crippen LogP contribution in [0.1, 0.15) is 19.4 Å². The van der Waals surface area contributed by atoms with Crippen LogP contribution in [0.4, 0.5) is 0 Å². The highest BCUT2D eigenvalue weighted by atomic mass is 79.9. The van der Waals surface area contributed by atoms with Crippen molar-refractivity contribution >= 4 is 15.9 Å². The summed E-state index contributed by atoms with van der Waals surface area (Å²) >= 11 is 3.55. The van der Waals surface area contributed by atoms with Gasteiger partial charge in [0.05, 0.1) is 30.2 Å². The zero-order chi connectivity index (χ0) is 13.2. The van der Waals surface area contributed by atoms with Gasteiger partial charge in [-0.15, -0.1) is 0 Å². The van der Waals surface area contributed by atoms with Crippen molar-refractivity contribution < 1.29 is 9.47 Å². The van der Waals surface area contributed by atoms with Gasteiger partial charge in [0.15, 0.2) is 0 Å². The van der Waals surface area contributed by atoms with E-state index in [-0.39, 0.29) is 5.41 Å². The van der Waals surface area contributed by atoms with E-state index in [4.69, 9.17) is 9.47 Å². The van der Waals surface area contributed by atoms with E-state index in [1.165, 1.54) is 5.56 Å². The average Bonchev–Trinajstić information content (AvgIpc) is 2.27.